The molecule has 9 heavy (non-hydrogen) atoms. The van der Waals surface area contributed by atoms with Gasteiger partial charge in [0.1, 0.15) is 0 Å². The second-order valence-electron chi connectivity index (χ2n) is 1.75. The van der Waals surface area contributed by atoms with Crippen LogP contribution in [0.5, 0.6) is 0 Å². The molecule has 2 heteroatoms. The van der Waals surface area contributed by atoms with E-state index in [-0.39, 0.29) is 0 Å². The number of aromatic nitrogens is 1. The van der Waals surface area contributed by atoms with E-state index in [1.54, 1.807) is 0 Å². The number of nitrogens with one attached hydrogen (secondary N) is 2. The Morgan fingerprint density at radius 1 is 1.78 bits per heavy atom. The normalized spacial score (nSPS) is 8.89. The molecule has 0 unspecified atom stereocenters. The predicted octanol–water partition coefficient (Wildman–Crippen LogP) is 1.68. The number of hydrogen-bond donors (Lipinski definition) is 2. The highest BCUT2D eigenvalue weighted by molar-refractivity contribution is 6.06. The van der Waals surface area contributed by atoms with Gasteiger partial charge in [0.15, 0.2) is 0 Å². The average Bonchev–Trinajstić information content (AvgIpc) is 2.37. The summed E-state index contributed by atoms with van der Waals surface area (Å²) in [4.78, 5) is 2.94. The lowest BCUT2D eigenvalue weighted by atomic mass is 10.2. The first kappa shape index (κ1) is 5.82. The van der Waals surface area contributed by atoms with Crippen molar-refractivity contribution in [2.24, 2.45) is 0 Å². The van der Waals surface area contributed by atoms with E-state index in [1.807, 2.05) is 18.3 Å². The fraction of sp³-hybridized carbons (Fsp3) is 0. The quantitative estimate of drug-likeness (QED) is 0.557. The van der Waals surface area contributed by atoms with E-state index >= 15 is 0 Å². The maximum absolute atomic E-state index is 6.84. The zero-order valence-corrected chi connectivity index (χ0v) is 5.02. The largest absolute Gasteiger partial charge is 0.361 e. The van der Waals surface area contributed by atoms with Crippen LogP contribution >= 0.6 is 0 Å². The highest BCUT2D eigenvalue weighted by atomic mass is 14.7. The molecule has 1 heterocycles. The molecule has 1 aromatic heterocycles. The lowest BCUT2D eigenvalue weighted by Crippen LogP contribution is -1.80. The molecule has 1 aromatic rings. The smallest absolute Gasteiger partial charge is 0.0463 e. The third-order valence-corrected chi connectivity index (χ3v) is 1.12. The van der Waals surface area contributed by atoms with Gasteiger partial charge in [-0.3, -0.25) is 0 Å². The fourth-order valence-corrected chi connectivity index (χ4v) is 0.608. The second kappa shape index (κ2) is 2.31. The molecule has 2 nitrogen and oxygen atoms in total. The summed E-state index contributed by atoms with van der Waals surface area (Å²) < 4.78 is 0. The molecule has 0 aliphatic rings. The minimum Gasteiger partial charge on any atom is -0.361 e. The topological polar surface area (TPSA) is 39.6 Å². The summed E-state index contributed by atoms with van der Waals surface area (Å²) in [6.07, 6.45) is 3.04. The highest BCUT2D eigenvalue weighted by Gasteiger charge is 1.91. The first-order valence-corrected chi connectivity index (χ1v) is 2.67. The maximum Gasteiger partial charge on any atom is 0.0463 e. The lowest BCUT2D eigenvalue weighted by Gasteiger charge is -1.89. The zero-order chi connectivity index (χ0) is 6.69. The van der Waals surface area contributed by atoms with E-state index in [1.165, 1.54) is 6.21 Å². The van der Waals surface area contributed by atoms with Crippen LogP contribution in [0.15, 0.2) is 24.9 Å². The van der Waals surface area contributed by atoms with Crippen LogP contribution < -0.4 is 0 Å². The molecule has 0 saturated heterocycles. The van der Waals surface area contributed by atoms with E-state index in [2.05, 4.69) is 11.6 Å². The Kier molecular flexibility index (Phi) is 1.49. The van der Waals surface area contributed by atoms with Crippen LogP contribution in [0.3, 0.4) is 0 Å². The molecule has 0 saturated carbocycles. The van der Waals surface area contributed by atoms with Crippen molar-refractivity contribution in [3.8, 4) is 0 Å². The van der Waals surface area contributed by atoms with Gasteiger partial charge in [0, 0.05) is 23.7 Å². The van der Waals surface area contributed by atoms with Crippen LogP contribution in [0.1, 0.15) is 5.69 Å². The number of H-pyrrole nitrogens is 1. The molecule has 0 bridgehead atoms. The molecule has 0 aliphatic carbocycles. The monoisotopic (exact) mass is 120 g/mol. The van der Waals surface area contributed by atoms with Gasteiger partial charge in [0.25, 0.3) is 0 Å². The Morgan fingerprint density at radius 2 is 2.56 bits per heavy atom. The fourth-order valence-electron chi connectivity index (χ4n) is 0.608. The van der Waals surface area contributed by atoms with Gasteiger partial charge < -0.3 is 10.4 Å². The minimum atomic E-state index is 0.708. The molecule has 1 rings (SSSR count). The maximum atomic E-state index is 6.84. The van der Waals surface area contributed by atoms with Crippen molar-refractivity contribution in [2.75, 3.05) is 0 Å². The molecule has 0 aromatic carbocycles. The van der Waals surface area contributed by atoms with Gasteiger partial charge in [-0.2, -0.15) is 0 Å². The van der Waals surface area contributed by atoms with Crippen molar-refractivity contribution in [3.63, 3.8) is 0 Å². The van der Waals surface area contributed by atoms with Crippen LogP contribution in [0.4, 0.5) is 0 Å². The first-order chi connectivity index (χ1) is 4.34. The van der Waals surface area contributed by atoms with E-state index in [9.17, 15) is 0 Å². The number of rotatable bonds is 2. The van der Waals surface area contributed by atoms with Gasteiger partial charge in [0.05, 0.1) is 0 Å². The summed E-state index contributed by atoms with van der Waals surface area (Å²) in [7, 11) is 0. The lowest BCUT2D eigenvalue weighted by molar-refractivity contribution is 1.37. The molecule has 0 spiro atoms. The minimum absolute atomic E-state index is 0.708. The third-order valence-electron chi connectivity index (χ3n) is 1.12. The summed E-state index contributed by atoms with van der Waals surface area (Å²) in [6.45, 7) is 3.64. The van der Waals surface area contributed by atoms with Crippen molar-refractivity contribution in [1.29, 1.82) is 5.41 Å². The summed E-state index contributed by atoms with van der Waals surface area (Å²) >= 11 is 0. The van der Waals surface area contributed by atoms with Gasteiger partial charge in [-0.15, -0.1) is 0 Å². The van der Waals surface area contributed by atoms with Crippen molar-refractivity contribution in [2.45, 2.75) is 0 Å². The molecule has 0 fully saturated rings. The Morgan fingerprint density at radius 3 is 3.00 bits per heavy atom. The Labute approximate surface area is 53.7 Å². The van der Waals surface area contributed by atoms with Gasteiger partial charge in [-0.25, -0.2) is 0 Å². The molecule has 0 atom stereocenters. The Hall–Kier alpha value is -1.31. The predicted molar refractivity (Wildman–Crippen MR) is 38.6 cm³/mol. The summed E-state index contributed by atoms with van der Waals surface area (Å²) in [5, 5.41) is 6.84. The summed E-state index contributed by atoms with van der Waals surface area (Å²) in [5.41, 5.74) is 1.62. The van der Waals surface area contributed by atoms with Crippen molar-refractivity contribution >= 4 is 11.8 Å². The average molecular weight is 120 g/mol. The van der Waals surface area contributed by atoms with Crippen molar-refractivity contribution in [1.82, 2.24) is 4.98 Å². The molecule has 2 N–H and O–H groups in total. The van der Waals surface area contributed by atoms with E-state index in [4.69, 9.17) is 5.41 Å². The molecular weight excluding hydrogens is 112 g/mol. The molecular formula is C7H8N2. The van der Waals surface area contributed by atoms with Crippen molar-refractivity contribution < 1.29 is 0 Å². The summed E-state index contributed by atoms with van der Waals surface area (Å²) in [6, 6.07) is 3.76. The van der Waals surface area contributed by atoms with Crippen LogP contribution in [0, 0.1) is 5.41 Å². The first-order valence-electron chi connectivity index (χ1n) is 2.67. The van der Waals surface area contributed by atoms with Gasteiger partial charge in [-0.05, 0) is 12.1 Å². The van der Waals surface area contributed by atoms with Crippen molar-refractivity contribution in [3.05, 3.63) is 30.6 Å². The number of allylic oxidation sites excluding steroid dienone is 1. The Balaban J connectivity index is 2.89. The van der Waals surface area contributed by atoms with Crippen LogP contribution in [-0.2, 0) is 0 Å². The molecule has 0 amide bonds. The third kappa shape index (κ3) is 1.08. The Bertz CT molecular complexity index is 209. The number of hydrogen-bond acceptors (Lipinski definition) is 1. The van der Waals surface area contributed by atoms with Gasteiger partial charge in [-0.1, -0.05) is 6.58 Å². The van der Waals surface area contributed by atoms with E-state index in [0.29, 0.717) is 5.57 Å². The highest BCUT2D eigenvalue weighted by Crippen LogP contribution is 2.04. The standard InChI is InChI=1S/C7H8N2/c1-6(5-8)7-3-2-4-9-7/h2-5,8-9H,1H2. The van der Waals surface area contributed by atoms with E-state index in [0.717, 1.165) is 5.69 Å². The molecule has 0 aliphatic heterocycles. The van der Waals surface area contributed by atoms with Crippen LogP contribution in [0.25, 0.3) is 5.57 Å². The van der Waals surface area contributed by atoms with Crippen LogP contribution in [0.2, 0.25) is 0 Å². The van der Waals surface area contributed by atoms with Gasteiger partial charge >= 0.3 is 0 Å². The molecule has 0 radical (unpaired) electrons. The number of aromatic amines is 1. The second-order valence-corrected chi connectivity index (χ2v) is 1.75. The van der Waals surface area contributed by atoms with Crippen LogP contribution in [-0.4, -0.2) is 11.2 Å². The SMILES string of the molecule is C=C(C=N)c1ccc[nH]1. The van der Waals surface area contributed by atoms with Gasteiger partial charge in [0.2, 0.25) is 0 Å². The molecule has 46 valence electrons. The zero-order valence-electron chi connectivity index (χ0n) is 5.02. The summed E-state index contributed by atoms with van der Waals surface area (Å²) in [5.74, 6) is 0. The van der Waals surface area contributed by atoms with E-state index < -0.39 is 0 Å².